The van der Waals surface area contributed by atoms with Crippen molar-refractivity contribution >= 4 is 16.9 Å². The van der Waals surface area contributed by atoms with E-state index in [1.54, 1.807) is 12.1 Å². The molecule has 10 nitrogen and oxygen atoms in total. The van der Waals surface area contributed by atoms with Crippen LogP contribution in [0.4, 0.5) is 0 Å². The quantitative estimate of drug-likeness (QED) is 0.417. The van der Waals surface area contributed by atoms with Crippen molar-refractivity contribution in [1.29, 1.82) is 0 Å². The zero-order valence-corrected chi connectivity index (χ0v) is 15.0. The number of carbonyl (C=O) groups is 1. The van der Waals surface area contributed by atoms with Gasteiger partial charge in [-0.2, -0.15) is 0 Å². The molecular weight excluding hydrogens is 376 g/mol. The van der Waals surface area contributed by atoms with Gasteiger partial charge >= 0.3 is 5.97 Å². The maximum absolute atomic E-state index is 11.0. The zero-order valence-electron chi connectivity index (χ0n) is 15.0. The number of hydrogen-bond acceptors (Lipinski definition) is 9. The number of rotatable bonds is 7. The van der Waals surface area contributed by atoms with E-state index in [0.717, 1.165) is 0 Å². The van der Waals surface area contributed by atoms with Gasteiger partial charge in [-0.3, -0.25) is 4.79 Å². The molecule has 3 rings (SSSR count). The average molecular weight is 398 g/mol. The normalized spacial score (nSPS) is 27.7. The molecule has 0 saturated carbocycles. The molecule has 1 aromatic heterocycles. The van der Waals surface area contributed by atoms with Crippen LogP contribution in [0.2, 0.25) is 0 Å². The number of fused-ring (bicyclic) bond motifs is 1. The van der Waals surface area contributed by atoms with Crippen LogP contribution in [-0.2, 0) is 16.0 Å². The van der Waals surface area contributed by atoms with Crippen molar-refractivity contribution in [2.75, 3.05) is 13.7 Å². The van der Waals surface area contributed by atoms with Crippen molar-refractivity contribution in [2.24, 2.45) is 0 Å². The van der Waals surface area contributed by atoms with Crippen molar-refractivity contribution in [3.63, 3.8) is 0 Å². The molecule has 28 heavy (non-hydrogen) atoms. The van der Waals surface area contributed by atoms with E-state index in [4.69, 9.17) is 23.7 Å². The van der Waals surface area contributed by atoms with Gasteiger partial charge < -0.3 is 44.2 Å². The standard InChI is InChI=1S/C18H22O10/c1-25-17-9(2-3-12(20)21)10(6-8-4-5-26-16(8)17)27-18-15(24)14(23)13(22)11(7-19)28-18/h4-6,11,13-15,18-19,22-24H,2-3,7H2,1H3,(H,20,21)/t11-,13-,14+,15-,18-/m1/s1. The molecule has 1 fully saturated rings. The molecule has 1 aliphatic heterocycles. The van der Waals surface area contributed by atoms with Crippen molar-refractivity contribution in [3.05, 3.63) is 24.0 Å². The van der Waals surface area contributed by atoms with Gasteiger partial charge in [-0.25, -0.2) is 0 Å². The summed E-state index contributed by atoms with van der Waals surface area (Å²) in [5.41, 5.74) is 0.786. The molecule has 0 aliphatic carbocycles. The molecule has 0 bridgehead atoms. The first-order chi connectivity index (χ1) is 13.4. The first-order valence-corrected chi connectivity index (χ1v) is 8.63. The molecule has 1 aromatic carbocycles. The van der Waals surface area contributed by atoms with Crippen molar-refractivity contribution in [2.45, 2.75) is 43.5 Å². The molecule has 2 aromatic rings. The topological polar surface area (TPSA) is 159 Å². The number of benzene rings is 1. The van der Waals surface area contributed by atoms with E-state index in [2.05, 4.69) is 0 Å². The Hall–Kier alpha value is -2.37. The minimum atomic E-state index is -1.60. The number of carboxylic acid groups (broad SMARTS) is 1. The number of aliphatic hydroxyl groups is 4. The SMILES string of the molecule is COc1c(CCC(=O)O)c(O[C@@H]2O[C@H](CO)[C@@H](O)[C@H](O)[C@H]2O)cc2ccoc12. The molecule has 1 aliphatic rings. The molecule has 10 heteroatoms. The lowest BCUT2D eigenvalue weighted by Gasteiger charge is -2.39. The van der Waals surface area contributed by atoms with Gasteiger partial charge in [0.2, 0.25) is 6.29 Å². The maximum Gasteiger partial charge on any atom is 0.303 e. The molecule has 1 saturated heterocycles. The lowest BCUT2D eigenvalue weighted by molar-refractivity contribution is -0.277. The molecular formula is C18H22O10. The monoisotopic (exact) mass is 398 g/mol. The van der Waals surface area contributed by atoms with Gasteiger partial charge in [0.25, 0.3) is 0 Å². The number of carboxylic acids is 1. The van der Waals surface area contributed by atoms with E-state index in [-0.39, 0.29) is 24.3 Å². The number of methoxy groups -OCH3 is 1. The highest BCUT2D eigenvalue weighted by atomic mass is 16.7. The third kappa shape index (κ3) is 3.77. The number of ether oxygens (including phenoxy) is 3. The summed E-state index contributed by atoms with van der Waals surface area (Å²) in [6, 6.07) is 3.22. The molecule has 2 heterocycles. The van der Waals surface area contributed by atoms with Crippen LogP contribution in [0.1, 0.15) is 12.0 Å². The number of furan rings is 1. The molecule has 5 N–H and O–H groups in total. The molecule has 0 spiro atoms. The second-order valence-electron chi connectivity index (χ2n) is 6.43. The van der Waals surface area contributed by atoms with Gasteiger partial charge in [0.05, 0.1) is 20.0 Å². The van der Waals surface area contributed by atoms with E-state index in [1.165, 1.54) is 13.4 Å². The van der Waals surface area contributed by atoms with Crippen LogP contribution < -0.4 is 9.47 Å². The van der Waals surface area contributed by atoms with Gasteiger partial charge in [-0.15, -0.1) is 0 Å². The summed E-state index contributed by atoms with van der Waals surface area (Å²) in [5.74, 6) is -0.583. The average Bonchev–Trinajstić information content (AvgIpc) is 3.14. The van der Waals surface area contributed by atoms with Crippen LogP contribution in [0.5, 0.6) is 11.5 Å². The summed E-state index contributed by atoms with van der Waals surface area (Å²) < 4.78 is 21.9. The van der Waals surface area contributed by atoms with Crippen molar-refractivity contribution in [1.82, 2.24) is 0 Å². The molecule has 0 amide bonds. The molecule has 5 atom stereocenters. The lowest BCUT2D eigenvalue weighted by Crippen LogP contribution is -2.60. The summed E-state index contributed by atoms with van der Waals surface area (Å²) in [4.78, 5) is 11.0. The fraction of sp³-hybridized carbons (Fsp3) is 0.500. The maximum atomic E-state index is 11.0. The largest absolute Gasteiger partial charge is 0.492 e. The second-order valence-corrected chi connectivity index (χ2v) is 6.43. The van der Waals surface area contributed by atoms with Crippen LogP contribution in [0.3, 0.4) is 0 Å². The zero-order chi connectivity index (χ0) is 20.4. The van der Waals surface area contributed by atoms with Crippen LogP contribution in [0.15, 0.2) is 22.8 Å². The fourth-order valence-corrected chi connectivity index (χ4v) is 3.17. The van der Waals surface area contributed by atoms with Gasteiger partial charge in [0.15, 0.2) is 11.3 Å². The third-order valence-corrected chi connectivity index (χ3v) is 4.64. The second kappa shape index (κ2) is 8.33. The van der Waals surface area contributed by atoms with E-state index in [0.29, 0.717) is 16.5 Å². The highest BCUT2D eigenvalue weighted by Crippen LogP contribution is 2.39. The van der Waals surface area contributed by atoms with Crippen LogP contribution >= 0.6 is 0 Å². The Bertz CT molecular complexity index is 829. The Kier molecular flexibility index (Phi) is 6.06. The number of aliphatic hydroxyl groups excluding tert-OH is 4. The van der Waals surface area contributed by atoms with E-state index < -0.39 is 43.3 Å². The Labute approximate surface area is 159 Å². The first-order valence-electron chi connectivity index (χ1n) is 8.63. The number of hydrogen-bond donors (Lipinski definition) is 5. The summed E-state index contributed by atoms with van der Waals surface area (Å²) in [6.45, 7) is -0.596. The first kappa shape index (κ1) is 20.4. The van der Waals surface area contributed by atoms with Crippen LogP contribution in [-0.4, -0.2) is 75.9 Å². The lowest BCUT2D eigenvalue weighted by atomic mass is 9.99. The molecule has 0 unspecified atom stereocenters. The molecule has 0 radical (unpaired) electrons. The smallest absolute Gasteiger partial charge is 0.303 e. The Balaban J connectivity index is 1.98. The Morgan fingerprint density at radius 1 is 1.21 bits per heavy atom. The minimum absolute atomic E-state index is 0.0436. The summed E-state index contributed by atoms with van der Waals surface area (Å²) in [5, 5.41) is 49.0. The van der Waals surface area contributed by atoms with Gasteiger partial charge in [-0.1, -0.05) is 0 Å². The van der Waals surface area contributed by atoms with Crippen molar-refractivity contribution in [3.8, 4) is 11.5 Å². The molecule has 154 valence electrons. The summed E-state index contributed by atoms with van der Waals surface area (Å²) >= 11 is 0. The minimum Gasteiger partial charge on any atom is -0.492 e. The van der Waals surface area contributed by atoms with Crippen LogP contribution in [0, 0.1) is 0 Å². The summed E-state index contributed by atoms with van der Waals surface area (Å²) in [6.07, 6.45) is -5.99. The van der Waals surface area contributed by atoms with Crippen molar-refractivity contribution < 1.29 is 49.0 Å². The van der Waals surface area contributed by atoms with Crippen LogP contribution in [0.25, 0.3) is 11.0 Å². The van der Waals surface area contributed by atoms with Gasteiger partial charge in [0, 0.05) is 17.4 Å². The Morgan fingerprint density at radius 3 is 2.61 bits per heavy atom. The number of aliphatic carboxylic acids is 1. The highest BCUT2D eigenvalue weighted by Gasteiger charge is 2.45. The third-order valence-electron chi connectivity index (χ3n) is 4.64. The van der Waals surface area contributed by atoms with E-state index in [1.807, 2.05) is 0 Å². The Morgan fingerprint density at radius 2 is 1.96 bits per heavy atom. The predicted octanol–water partition coefficient (Wildman–Crippen LogP) is -0.363. The predicted molar refractivity (Wildman–Crippen MR) is 93.1 cm³/mol. The highest BCUT2D eigenvalue weighted by molar-refractivity contribution is 5.87. The van der Waals surface area contributed by atoms with Gasteiger partial charge in [0.1, 0.15) is 30.2 Å². The van der Waals surface area contributed by atoms with E-state index >= 15 is 0 Å². The van der Waals surface area contributed by atoms with E-state index in [9.17, 15) is 25.2 Å². The fourth-order valence-electron chi connectivity index (χ4n) is 3.17. The summed E-state index contributed by atoms with van der Waals surface area (Å²) in [7, 11) is 1.40. The van der Waals surface area contributed by atoms with Gasteiger partial charge in [-0.05, 0) is 18.6 Å².